The predicted molar refractivity (Wildman–Crippen MR) is 173 cm³/mol. The first kappa shape index (κ1) is 38.9. The van der Waals surface area contributed by atoms with Gasteiger partial charge in [-0.2, -0.15) is 35.9 Å². The van der Waals surface area contributed by atoms with Crippen LogP contribution in [0.5, 0.6) is 0 Å². The maximum absolute atomic E-state index is 5.74. The Morgan fingerprint density at radius 1 is 0.786 bits per heavy atom. The standard InChI is InChI=1S/C23H29.C9H8Cl2.C5H5.2ClH.Zr/c1-14-9-16-11-17-10-15(2)21(23(6,7)8)13-19(17)18(16)12-20(14)22(3,4)5;1-7-2-8(5-10)4-9(3-7)6-11;1-2-4-5-3-1;;;/h9,12-13H,11H2,1-8H3;1-4H,5-6H2;1-5H;2*1H;/q-1;;-1;;;+2/p-2. The Morgan fingerprint density at radius 3 is 1.74 bits per heavy atom. The van der Waals surface area contributed by atoms with Crippen LogP contribution in [0.15, 0.2) is 66.7 Å². The van der Waals surface area contributed by atoms with Crippen molar-refractivity contribution in [3.63, 3.8) is 0 Å². The third kappa shape index (κ3) is 10.2. The normalized spacial score (nSPS) is 11.4. The summed E-state index contributed by atoms with van der Waals surface area (Å²) in [7, 11) is 0. The van der Waals surface area contributed by atoms with Crippen LogP contribution in [0, 0.1) is 19.9 Å². The summed E-state index contributed by atoms with van der Waals surface area (Å²) < 4.78 is 2.14. The zero-order chi connectivity index (χ0) is 29.7. The molecule has 42 heavy (non-hydrogen) atoms. The second-order valence-corrected chi connectivity index (χ2v) is 13.9. The molecular formula is C37H42Cl4Zr-2. The van der Waals surface area contributed by atoms with Crippen LogP contribution in [0.4, 0.5) is 0 Å². The molecule has 1 aliphatic rings. The van der Waals surface area contributed by atoms with Crippen molar-refractivity contribution in [3.8, 4) is 11.1 Å². The summed E-state index contributed by atoms with van der Waals surface area (Å²) in [5, 5.41) is 0. The van der Waals surface area contributed by atoms with Gasteiger partial charge in [0, 0.05) is 0 Å². The zero-order valence-electron chi connectivity index (χ0n) is 26.1. The van der Waals surface area contributed by atoms with Crippen LogP contribution in [0.3, 0.4) is 0 Å². The van der Waals surface area contributed by atoms with Gasteiger partial charge >= 0.3 is 97.8 Å². The molecule has 0 unspecified atom stereocenters. The first-order valence-electron chi connectivity index (χ1n) is 13.9. The number of hydrogen-bond acceptors (Lipinski definition) is 0. The molecule has 0 aromatic heterocycles. The number of alkyl halides is 2. The molecule has 224 valence electrons. The number of halogens is 4. The van der Waals surface area contributed by atoms with Gasteiger partial charge in [0.25, 0.3) is 0 Å². The smallest absolute Gasteiger partial charge is 0.172 e. The van der Waals surface area contributed by atoms with E-state index in [1.807, 2.05) is 36.4 Å². The van der Waals surface area contributed by atoms with Gasteiger partial charge in [0.15, 0.2) is 0 Å². The second-order valence-electron chi connectivity index (χ2n) is 12.7. The molecule has 0 saturated heterocycles. The molecule has 0 saturated carbocycles. The van der Waals surface area contributed by atoms with Gasteiger partial charge in [-0.25, -0.2) is 12.1 Å². The third-order valence-corrected chi connectivity index (χ3v) is 8.62. The van der Waals surface area contributed by atoms with Gasteiger partial charge in [-0.3, -0.25) is 0 Å². The van der Waals surface area contributed by atoms with E-state index in [0.29, 0.717) is 11.8 Å². The molecule has 0 nitrogen and oxygen atoms in total. The van der Waals surface area contributed by atoms with Crippen LogP contribution in [-0.2, 0) is 53.2 Å². The molecule has 0 spiro atoms. The first-order chi connectivity index (χ1) is 18.8. The Labute approximate surface area is 292 Å². The van der Waals surface area contributed by atoms with Gasteiger partial charge in [0.2, 0.25) is 0 Å². The summed E-state index contributed by atoms with van der Waals surface area (Å²) in [6.45, 7) is 18.2. The molecule has 0 fully saturated rings. The summed E-state index contributed by atoms with van der Waals surface area (Å²) in [5.74, 6) is 1.11. The van der Waals surface area contributed by atoms with Crippen molar-refractivity contribution in [1.29, 1.82) is 0 Å². The quantitative estimate of drug-likeness (QED) is 0.190. The number of hydrogen-bond donors (Lipinski definition) is 0. The van der Waals surface area contributed by atoms with Gasteiger partial charge < -0.3 is 24.8 Å². The average molecular weight is 720 g/mol. The van der Waals surface area contributed by atoms with Gasteiger partial charge in [-0.1, -0.05) is 71.6 Å². The summed E-state index contributed by atoms with van der Waals surface area (Å²) in [5.41, 5.74) is 15.1. The molecule has 5 heteroatoms. The van der Waals surface area contributed by atoms with E-state index in [9.17, 15) is 0 Å². The molecule has 0 amide bonds. The topological polar surface area (TPSA) is 0 Å². The molecule has 4 aromatic rings. The van der Waals surface area contributed by atoms with Gasteiger partial charge in [-0.05, 0) is 35.4 Å². The fourth-order valence-corrected chi connectivity index (χ4v) is 6.09. The Hall–Kier alpha value is -1.08. The summed E-state index contributed by atoms with van der Waals surface area (Å²) >= 11 is 12.9. The maximum Gasteiger partial charge on any atom is -0.172 e. The molecule has 1 aliphatic carbocycles. The van der Waals surface area contributed by atoms with E-state index in [4.69, 9.17) is 23.2 Å². The molecule has 0 N–H and O–H groups in total. The van der Waals surface area contributed by atoms with E-state index in [2.05, 4.69) is 95.5 Å². The summed E-state index contributed by atoms with van der Waals surface area (Å²) in [6, 6.07) is 27.2. The van der Waals surface area contributed by atoms with Crippen LogP contribution in [0.25, 0.3) is 11.1 Å². The van der Waals surface area contributed by atoms with Gasteiger partial charge in [0.1, 0.15) is 0 Å². The molecule has 0 aliphatic heterocycles. The van der Waals surface area contributed by atoms with E-state index < -0.39 is 0 Å². The van der Waals surface area contributed by atoms with Crippen molar-refractivity contribution in [2.75, 3.05) is 0 Å². The Morgan fingerprint density at radius 2 is 1.31 bits per heavy atom. The molecule has 0 bridgehead atoms. The van der Waals surface area contributed by atoms with Crippen LogP contribution in [-0.4, -0.2) is 3.71 Å². The number of benzene rings is 3. The van der Waals surface area contributed by atoms with Crippen molar-refractivity contribution >= 4 is 26.9 Å². The van der Waals surface area contributed by atoms with Crippen LogP contribution < -0.4 is 24.8 Å². The monoisotopic (exact) mass is 716 g/mol. The van der Waals surface area contributed by atoms with Crippen molar-refractivity contribution < 1.29 is 49.0 Å². The zero-order valence-corrected chi connectivity index (χ0v) is 31.5. The molecule has 5 rings (SSSR count). The second kappa shape index (κ2) is 16.8. The van der Waals surface area contributed by atoms with Crippen molar-refractivity contribution in [1.82, 2.24) is 0 Å². The van der Waals surface area contributed by atoms with E-state index in [-0.39, 0.29) is 35.6 Å². The number of rotatable bonds is 3. The first-order valence-corrected chi connectivity index (χ1v) is 16.4. The van der Waals surface area contributed by atoms with Crippen molar-refractivity contribution in [2.45, 2.75) is 84.4 Å². The molecule has 0 heterocycles. The number of aryl methyl sites for hydroxylation is 2. The Bertz CT molecular complexity index is 1330. The van der Waals surface area contributed by atoms with E-state index >= 15 is 0 Å². The predicted octanol–water partition coefficient (Wildman–Crippen LogP) is 4.54. The molecule has 4 aromatic carbocycles. The Balaban J connectivity index is 0.000000389. The fraction of sp³-hybridized carbons (Fsp3) is 0.351. The van der Waals surface area contributed by atoms with Crippen LogP contribution in [0.1, 0.15) is 91.6 Å². The Kier molecular flexibility index (Phi) is 15.6. The average Bonchev–Trinajstić information content (AvgIpc) is 3.58. The maximum atomic E-state index is 5.74. The largest absolute Gasteiger partial charge is 1.00 e. The minimum Gasteiger partial charge on any atom is -1.00 e. The SMILES string of the molecule is Cc1[c-]c2c(cc1C(C)(C)C)-c1cc(C(C)(C)C)c(C)cc1C2.ClCc1cc([CH]=[Zr+2])cc(CCl)c1.[Cl-].[Cl-].c1cc[cH-]c1. The van der Waals surface area contributed by atoms with Gasteiger partial charge in [-0.15, -0.1) is 16.7 Å². The summed E-state index contributed by atoms with van der Waals surface area (Å²) in [4.78, 5) is 0. The van der Waals surface area contributed by atoms with Crippen molar-refractivity contribution in [3.05, 3.63) is 123 Å². The minimum atomic E-state index is 0. The van der Waals surface area contributed by atoms with E-state index in [1.54, 1.807) is 0 Å². The van der Waals surface area contributed by atoms with Gasteiger partial charge in [0.05, 0.1) is 0 Å². The summed E-state index contributed by atoms with van der Waals surface area (Å²) in [6.07, 6.45) is 1.03. The van der Waals surface area contributed by atoms with Crippen LogP contribution in [0.2, 0.25) is 0 Å². The number of fused-ring (bicyclic) bond motifs is 3. The van der Waals surface area contributed by atoms with Crippen LogP contribution >= 0.6 is 23.2 Å². The molecule has 0 atom stereocenters. The molecular weight excluding hydrogens is 677 g/mol. The minimum absolute atomic E-state index is 0. The third-order valence-electron chi connectivity index (χ3n) is 7.19. The molecule has 0 radical (unpaired) electrons. The van der Waals surface area contributed by atoms with Crippen molar-refractivity contribution in [2.24, 2.45) is 0 Å². The van der Waals surface area contributed by atoms with E-state index in [0.717, 1.165) is 17.5 Å². The fourth-order valence-electron chi connectivity index (χ4n) is 5.37. The van der Waals surface area contributed by atoms with E-state index in [1.165, 1.54) is 74.3 Å².